The normalized spacial score (nSPS) is 25.9. The van der Waals surface area contributed by atoms with Gasteiger partial charge in [0.05, 0.1) is 29.9 Å². The van der Waals surface area contributed by atoms with Gasteiger partial charge in [-0.05, 0) is 32.9 Å². The van der Waals surface area contributed by atoms with Gasteiger partial charge in [0.1, 0.15) is 35.6 Å². The fraction of sp³-hybridized carbons (Fsp3) is 0.478. The van der Waals surface area contributed by atoms with Crippen LogP contribution in [0.15, 0.2) is 36.5 Å². The molecule has 0 unspecified atom stereocenters. The first-order valence-electron chi connectivity index (χ1n) is 11.6. The molecule has 0 saturated carbocycles. The van der Waals surface area contributed by atoms with Crippen LogP contribution < -0.4 is 5.32 Å². The Hall–Kier alpha value is -2.15. The molecule has 0 bridgehead atoms. The van der Waals surface area contributed by atoms with Gasteiger partial charge in [-0.15, -0.1) is 0 Å². The highest BCUT2D eigenvalue weighted by Gasteiger charge is 2.56. The number of halogens is 2. The number of pyridine rings is 1. The molecule has 3 aromatic rings. The van der Waals surface area contributed by atoms with Crippen LogP contribution in [0.2, 0.25) is 5.15 Å². The van der Waals surface area contributed by atoms with Gasteiger partial charge >= 0.3 is 7.60 Å². The van der Waals surface area contributed by atoms with E-state index >= 15 is 0 Å². The number of fused-ring (bicyclic) bond motifs is 2. The van der Waals surface area contributed by atoms with E-state index in [4.69, 9.17) is 40.3 Å². The van der Waals surface area contributed by atoms with Gasteiger partial charge in [-0.1, -0.05) is 29.8 Å². The van der Waals surface area contributed by atoms with E-state index in [1.165, 1.54) is 10.7 Å². The van der Waals surface area contributed by atoms with Crippen molar-refractivity contribution in [2.45, 2.75) is 57.1 Å². The monoisotopic (exact) mass is 556 g/mol. The number of anilines is 1. The van der Waals surface area contributed by atoms with E-state index in [1.807, 2.05) is 6.92 Å². The van der Waals surface area contributed by atoms with E-state index in [0.29, 0.717) is 22.3 Å². The van der Waals surface area contributed by atoms with Crippen molar-refractivity contribution in [3.05, 3.63) is 53.1 Å². The Morgan fingerprint density at radius 2 is 2.03 bits per heavy atom. The zero-order valence-electron chi connectivity index (χ0n) is 20.2. The van der Waals surface area contributed by atoms with Crippen molar-refractivity contribution in [1.82, 2.24) is 14.8 Å². The van der Waals surface area contributed by atoms with E-state index in [9.17, 15) is 8.96 Å². The minimum Gasteiger partial charge on any atom is -0.378 e. The quantitative estimate of drug-likeness (QED) is 0.276. The Morgan fingerprint density at radius 3 is 2.76 bits per heavy atom. The summed E-state index contributed by atoms with van der Waals surface area (Å²) in [7, 11) is -4.34. The summed E-state index contributed by atoms with van der Waals surface area (Å²) in [6.45, 7) is 5.24. The topological polar surface area (TPSA) is 137 Å². The van der Waals surface area contributed by atoms with E-state index in [1.54, 1.807) is 44.3 Å². The molecule has 2 aliphatic rings. The summed E-state index contributed by atoms with van der Waals surface area (Å²) < 4.78 is 50.5. The van der Waals surface area contributed by atoms with Crippen LogP contribution in [0.1, 0.15) is 38.6 Å². The summed E-state index contributed by atoms with van der Waals surface area (Å²) in [6.07, 6.45) is -1.77. The van der Waals surface area contributed by atoms with Crippen LogP contribution in [-0.2, 0) is 23.5 Å². The number of nitrogens with zero attached hydrogens (tertiary/aromatic N) is 3. The fourth-order valence-electron chi connectivity index (χ4n) is 4.71. The Balaban J connectivity index is 1.44. The number of rotatable bonds is 8. The lowest BCUT2D eigenvalue weighted by Gasteiger charge is -2.24. The molecule has 0 aliphatic carbocycles. The van der Waals surface area contributed by atoms with Crippen LogP contribution in [0.25, 0.3) is 11.0 Å². The molecule has 4 heterocycles. The molecule has 0 spiro atoms. The zero-order chi connectivity index (χ0) is 26.5. The predicted octanol–water partition coefficient (Wildman–Crippen LogP) is 3.97. The molecular weight excluding hydrogens is 530 g/mol. The van der Waals surface area contributed by atoms with Crippen molar-refractivity contribution in [1.29, 1.82) is 0 Å². The van der Waals surface area contributed by atoms with Crippen LogP contribution >= 0.6 is 19.2 Å². The lowest BCUT2D eigenvalue weighted by atomic mass is 10.1. The van der Waals surface area contributed by atoms with Crippen molar-refractivity contribution in [3.63, 3.8) is 0 Å². The molecule has 2 saturated heterocycles. The van der Waals surface area contributed by atoms with Crippen LogP contribution in [0.5, 0.6) is 0 Å². The highest BCUT2D eigenvalue weighted by Crippen LogP contribution is 2.44. The molecule has 37 heavy (non-hydrogen) atoms. The number of aromatic nitrogens is 3. The van der Waals surface area contributed by atoms with Crippen LogP contribution in [0.4, 0.5) is 10.1 Å². The molecule has 2 fully saturated rings. The molecule has 2 aromatic heterocycles. The van der Waals surface area contributed by atoms with Crippen molar-refractivity contribution in [3.8, 4) is 0 Å². The second-order valence-corrected chi connectivity index (χ2v) is 11.5. The van der Waals surface area contributed by atoms with Crippen molar-refractivity contribution in [2.24, 2.45) is 0 Å². The average molecular weight is 557 g/mol. The Kier molecular flexibility index (Phi) is 7.05. The molecule has 14 heteroatoms. The first-order chi connectivity index (χ1) is 17.4. The molecule has 5 rings (SSSR count). The largest absolute Gasteiger partial charge is 0.378 e. The first-order valence-corrected chi connectivity index (χ1v) is 13.8. The Labute approximate surface area is 217 Å². The molecule has 3 N–H and O–H groups in total. The maximum Gasteiger partial charge on any atom is 0.350 e. The molecule has 0 amide bonds. The van der Waals surface area contributed by atoms with Crippen molar-refractivity contribution in [2.75, 3.05) is 18.3 Å². The average Bonchev–Trinajstić information content (AvgIpc) is 3.44. The van der Waals surface area contributed by atoms with E-state index in [2.05, 4.69) is 15.4 Å². The van der Waals surface area contributed by atoms with Crippen molar-refractivity contribution >= 4 is 35.9 Å². The van der Waals surface area contributed by atoms with E-state index < -0.39 is 44.3 Å². The number of hydrogen-bond acceptors (Lipinski definition) is 8. The van der Waals surface area contributed by atoms with Gasteiger partial charge in [0.25, 0.3) is 0 Å². The number of benzene rings is 1. The van der Waals surface area contributed by atoms with Gasteiger partial charge in [-0.2, -0.15) is 5.10 Å². The standard InChI is InChI=1S/C23H27ClFN4O7P/c1-12(13-6-4-5-7-15(13)25)27-16-8-18(24)28-21-14(16)9-26-29(21)22-20-19(35-23(2,3)36-20)17(34-22)10-33-11-37(30,31)32/h4-9,12,17,19-20,22H,10-11H2,1-3H3,(H,27,28)(H2,30,31,32)/t12-,17+,19+,20+,22+/m0/s1. The number of ether oxygens (including phenoxy) is 4. The number of hydrogen-bond donors (Lipinski definition) is 3. The minimum atomic E-state index is -4.34. The fourth-order valence-corrected chi connectivity index (χ4v) is 5.24. The highest BCUT2D eigenvalue weighted by molar-refractivity contribution is 7.51. The van der Waals surface area contributed by atoms with Gasteiger partial charge in [-0.3, -0.25) is 4.57 Å². The molecule has 11 nitrogen and oxygen atoms in total. The van der Waals surface area contributed by atoms with Crippen LogP contribution in [0, 0.1) is 5.82 Å². The van der Waals surface area contributed by atoms with Gasteiger partial charge < -0.3 is 34.1 Å². The third-order valence-corrected chi connectivity index (χ3v) is 6.90. The Morgan fingerprint density at radius 1 is 1.30 bits per heavy atom. The SMILES string of the molecule is C[C@H](Nc1cc(Cl)nc2c1cnn2[C@@H]1O[C@H](COCP(=O)(O)O)[C@H]2OC(C)(C)O[C@H]21)c1ccccc1F. The summed E-state index contributed by atoms with van der Waals surface area (Å²) >= 11 is 6.36. The molecule has 2 aliphatic heterocycles. The molecule has 200 valence electrons. The lowest BCUT2D eigenvalue weighted by molar-refractivity contribution is -0.202. The maximum absolute atomic E-state index is 14.3. The molecule has 0 radical (unpaired) electrons. The number of nitrogens with one attached hydrogen (secondary N) is 1. The predicted molar refractivity (Wildman–Crippen MR) is 132 cm³/mol. The third-order valence-electron chi connectivity index (χ3n) is 6.19. The summed E-state index contributed by atoms with van der Waals surface area (Å²) in [5, 5.41) is 8.61. The van der Waals surface area contributed by atoms with Gasteiger partial charge in [0.15, 0.2) is 17.7 Å². The summed E-state index contributed by atoms with van der Waals surface area (Å²) in [5.41, 5.74) is 1.51. The minimum absolute atomic E-state index is 0.122. The zero-order valence-corrected chi connectivity index (χ0v) is 21.9. The first kappa shape index (κ1) is 26.5. The van der Waals surface area contributed by atoms with Gasteiger partial charge in [-0.25, -0.2) is 14.1 Å². The van der Waals surface area contributed by atoms with E-state index in [0.717, 1.165) is 0 Å². The second kappa shape index (κ2) is 9.87. The summed E-state index contributed by atoms with van der Waals surface area (Å²) in [5.74, 6) is -1.25. The van der Waals surface area contributed by atoms with Crippen molar-refractivity contribution < 1.29 is 37.7 Å². The summed E-state index contributed by atoms with van der Waals surface area (Å²) in [6, 6.07) is 7.77. The molecular formula is C23H27ClFN4O7P. The van der Waals surface area contributed by atoms with Crippen LogP contribution in [0.3, 0.4) is 0 Å². The molecule has 1 aromatic carbocycles. The summed E-state index contributed by atoms with van der Waals surface area (Å²) in [4.78, 5) is 22.7. The third kappa shape index (κ3) is 5.52. The van der Waals surface area contributed by atoms with E-state index in [-0.39, 0.29) is 23.6 Å². The maximum atomic E-state index is 14.3. The second-order valence-electron chi connectivity index (χ2n) is 9.50. The smallest absolute Gasteiger partial charge is 0.350 e. The lowest BCUT2D eigenvalue weighted by Crippen LogP contribution is -2.33. The molecule has 5 atom stereocenters. The van der Waals surface area contributed by atoms with Gasteiger partial charge in [0.2, 0.25) is 0 Å². The Bertz CT molecular complexity index is 1350. The van der Waals surface area contributed by atoms with Crippen LogP contribution in [-0.4, -0.2) is 61.6 Å². The van der Waals surface area contributed by atoms with Gasteiger partial charge in [0, 0.05) is 5.56 Å². The highest BCUT2D eigenvalue weighted by atomic mass is 35.5.